The normalized spacial score (nSPS) is 11.2. The fourth-order valence-corrected chi connectivity index (χ4v) is 4.84. The Bertz CT molecular complexity index is 1370. The summed E-state index contributed by atoms with van der Waals surface area (Å²) in [6, 6.07) is 14.0. The highest BCUT2D eigenvalue weighted by Gasteiger charge is 2.12. The maximum Gasteiger partial charge on any atom is 0.248 e. The zero-order valence-corrected chi connectivity index (χ0v) is 21.3. The highest BCUT2D eigenvalue weighted by atomic mass is 79.9. The summed E-state index contributed by atoms with van der Waals surface area (Å²) >= 11 is 10.2. The number of carbonyl (C=O) groups is 1. The molecule has 4 aromatic rings. The molecule has 0 spiro atoms. The van der Waals surface area contributed by atoms with Crippen molar-refractivity contribution in [3.8, 4) is 23.0 Å². The number of carbonyl (C=O) groups excluding carboxylic acids is 1. The van der Waals surface area contributed by atoms with Crippen LogP contribution in [0.4, 0.5) is 5.69 Å². The Morgan fingerprint density at radius 3 is 2.66 bits per heavy atom. The van der Waals surface area contributed by atoms with Crippen LogP contribution < -0.4 is 10.1 Å². The summed E-state index contributed by atoms with van der Waals surface area (Å²) < 4.78 is 13.4. The first-order chi connectivity index (χ1) is 15.3. The minimum absolute atomic E-state index is 0.135. The Kier molecular flexibility index (Phi) is 6.68. The molecule has 0 bridgehead atoms. The van der Waals surface area contributed by atoms with E-state index in [9.17, 15) is 9.90 Å². The van der Waals surface area contributed by atoms with E-state index >= 15 is 0 Å². The molecule has 0 saturated carbocycles. The molecule has 0 saturated heterocycles. The Labute approximate surface area is 208 Å². The van der Waals surface area contributed by atoms with Crippen molar-refractivity contribution in [1.29, 1.82) is 0 Å². The third-order valence-electron chi connectivity index (χ3n) is 4.51. The van der Waals surface area contributed by atoms with Gasteiger partial charge in [-0.05, 0) is 86.5 Å². The van der Waals surface area contributed by atoms with Crippen LogP contribution in [0.2, 0.25) is 0 Å². The Hall–Kier alpha value is -2.62. The number of oxazole rings is 1. The maximum absolute atomic E-state index is 12.5. The summed E-state index contributed by atoms with van der Waals surface area (Å²) in [5.41, 5.74) is 3.24. The van der Waals surface area contributed by atoms with Crippen molar-refractivity contribution in [2.45, 2.75) is 0 Å². The van der Waals surface area contributed by atoms with Crippen molar-refractivity contribution in [1.82, 2.24) is 4.98 Å². The highest BCUT2D eigenvalue weighted by Crippen LogP contribution is 2.34. The number of hydrogen-bond donors (Lipinski definition) is 2. The lowest BCUT2D eigenvalue weighted by molar-refractivity contribution is -0.111. The molecule has 1 heterocycles. The molecule has 0 aliphatic carbocycles. The minimum atomic E-state index is -0.298. The fraction of sp³-hybridized carbons (Fsp3) is 0.0435. The van der Waals surface area contributed by atoms with Gasteiger partial charge in [0, 0.05) is 27.4 Å². The zero-order chi connectivity index (χ0) is 22.8. The minimum Gasteiger partial charge on any atom is -0.507 e. The van der Waals surface area contributed by atoms with Crippen molar-refractivity contribution in [2.75, 3.05) is 12.4 Å². The van der Waals surface area contributed by atoms with Crippen molar-refractivity contribution >= 4 is 76.6 Å². The van der Waals surface area contributed by atoms with Crippen LogP contribution >= 0.6 is 47.8 Å². The van der Waals surface area contributed by atoms with E-state index in [1.165, 1.54) is 6.08 Å². The van der Waals surface area contributed by atoms with E-state index < -0.39 is 0 Å². The number of methoxy groups -OCH3 is 1. The molecule has 0 unspecified atom stereocenters. The van der Waals surface area contributed by atoms with Gasteiger partial charge in [-0.1, -0.05) is 15.9 Å². The van der Waals surface area contributed by atoms with Crippen molar-refractivity contribution in [3.05, 3.63) is 73.6 Å². The van der Waals surface area contributed by atoms with E-state index in [0.29, 0.717) is 38.5 Å². The largest absolute Gasteiger partial charge is 0.507 e. The number of amides is 1. The second-order valence-electron chi connectivity index (χ2n) is 6.70. The number of ether oxygens (including phenoxy) is 1. The quantitative estimate of drug-likeness (QED) is 0.231. The molecule has 162 valence electrons. The van der Waals surface area contributed by atoms with Crippen molar-refractivity contribution < 1.29 is 19.1 Å². The van der Waals surface area contributed by atoms with E-state index in [-0.39, 0.29) is 11.7 Å². The fourth-order valence-electron chi connectivity index (χ4n) is 3.04. The highest BCUT2D eigenvalue weighted by molar-refractivity contribution is 9.11. The average Bonchev–Trinajstić information content (AvgIpc) is 3.17. The molecule has 0 aliphatic heterocycles. The first kappa shape index (κ1) is 22.6. The number of benzene rings is 3. The van der Waals surface area contributed by atoms with Gasteiger partial charge < -0.3 is 19.6 Å². The van der Waals surface area contributed by atoms with Gasteiger partial charge in [-0.15, -0.1) is 0 Å². The number of rotatable bonds is 5. The van der Waals surface area contributed by atoms with Crippen LogP contribution in [-0.2, 0) is 4.79 Å². The number of phenolic OH excluding ortho intramolecular Hbond substituents is 1. The Balaban J connectivity index is 1.54. The summed E-state index contributed by atoms with van der Waals surface area (Å²) in [5.74, 6) is 0.885. The van der Waals surface area contributed by atoms with E-state index in [1.54, 1.807) is 49.6 Å². The molecule has 6 nitrogen and oxygen atoms in total. The number of fused-ring (bicyclic) bond motifs is 1. The van der Waals surface area contributed by atoms with Crippen LogP contribution in [0.25, 0.3) is 28.6 Å². The van der Waals surface area contributed by atoms with Crippen LogP contribution in [0.5, 0.6) is 11.5 Å². The topological polar surface area (TPSA) is 84.6 Å². The number of nitrogens with zero attached hydrogens (tertiary/aromatic N) is 1. The van der Waals surface area contributed by atoms with Gasteiger partial charge >= 0.3 is 0 Å². The smallest absolute Gasteiger partial charge is 0.248 e. The number of halogens is 3. The number of anilines is 1. The molecule has 9 heteroatoms. The summed E-state index contributed by atoms with van der Waals surface area (Å²) in [6.07, 6.45) is 3.11. The molecule has 2 N–H and O–H groups in total. The van der Waals surface area contributed by atoms with Gasteiger partial charge in [-0.3, -0.25) is 4.79 Å². The lowest BCUT2D eigenvalue weighted by atomic mass is 10.2. The second kappa shape index (κ2) is 9.48. The van der Waals surface area contributed by atoms with Crippen LogP contribution in [0.3, 0.4) is 0 Å². The average molecular weight is 623 g/mol. The third kappa shape index (κ3) is 4.90. The standard InChI is InChI=1S/C23H15Br3N2O4/c1-31-22-12(8-14(24)10-17(22)26)3-7-21(30)27-15-4-6-20-18(11-15)28-23(32-20)13-2-5-19(29)16(25)9-13/h2-11,29H,1H3,(H,27,30)/b7-3+. The molecule has 4 rings (SSSR count). The molecule has 0 aliphatic rings. The second-order valence-corrected chi connectivity index (χ2v) is 9.32. The summed E-state index contributed by atoms with van der Waals surface area (Å²) in [7, 11) is 1.57. The Morgan fingerprint density at radius 2 is 1.91 bits per heavy atom. The number of hydrogen-bond acceptors (Lipinski definition) is 5. The SMILES string of the molecule is COc1c(Br)cc(Br)cc1/C=C/C(=O)Nc1ccc2oc(-c3ccc(O)c(Br)c3)nc2c1. The van der Waals surface area contributed by atoms with Gasteiger partial charge in [0.05, 0.1) is 16.1 Å². The van der Waals surface area contributed by atoms with Crippen LogP contribution in [0.15, 0.2) is 72.4 Å². The first-order valence-corrected chi connectivity index (χ1v) is 11.6. The van der Waals surface area contributed by atoms with Crippen LogP contribution in [0, 0.1) is 0 Å². The van der Waals surface area contributed by atoms with E-state index in [4.69, 9.17) is 9.15 Å². The van der Waals surface area contributed by atoms with Gasteiger partial charge in [0.15, 0.2) is 5.58 Å². The first-order valence-electron chi connectivity index (χ1n) is 9.25. The molecule has 32 heavy (non-hydrogen) atoms. The molecular formula is C23H15Br3N2O4. The molecule has 1 amide bonds. The number of nitrogens with one attached hydrogen (secondary N) is 1. The number of aromatic hydroxyl groups is 1. The number of phenols is 1. The molecule has 1 aromatic heterocycles. The molecule has 0 radical (unpaired) electrons. The zero-order valence-electron chi connectivity index (χ0n) is 16.5. The lowest BCUT2D eigenvalue weighted by Crippen LogP contribution is -2.07. The third-order valence-corrected chi connectivity index (χ3v) is 6.19. The molecular weight excluding hydrogens is 608 g/mol. The lowest BCUT2D eigenvalue weighted by Gasteiger charge is -2.08. The van der Waals surface area contributed by atoms with Gasteiger partial charge in [0.1, 0.15) is 17.0 Å². The predicted molar refractivity (Wildman–Crippen MR) is 135 cm³/mol. The molecule has 0 fully saturated rings. The van der Waals surface area contributed by atoms with E-state index in [1.807, 2.05) is 12.1 Å². The van der Waals surface area contributed by atoms with Crippen LogP contribution in [-0.4, -0.2) is 23.1 Å². The van der Waals surface area contributed by atoms with Crippen molar-refractivity contribution in [2.24, 2.45) is 0 Å². The Morgan fingerprint density at radius 1 is 1.09 bits per heavy atom. The summed E-state index contributed by atoms with van der Waals surface area (Å²) in [5, 5.41) is 12.5. The van der Waals surface area contributed by atoms with Gasteiger partial charge in [-0.2, -0.15) is 0 Å². The van der Waals surface area contributed by atoms with Gasteiger partial charge in [0.25, 0.3) is 0 Å². The van der Waals surface area contributed by atoms with E-state index in [0.717, 1.165) is 14.5 Å². The maximum atomic E-state index is 12.5. The van der Waals surface area contributed by atoms with Crippen molar-refractivity contribution in [3.63, 3.8) is 0 Å². The summed E-state index contributed by atoms with van der Waals surface area (Å²) in [6.45, 7) is 0. The predicted octanol–water partition coefficient (Wildman–Crippen LogP) is 7.15. The van der Waals surface area contributed by atoms with E-state index in [2.05, 4.69) is 58.1 Å². The van der Waals surface area contributed by atoms with Gasteiger partial charge in [-0.25, -0.2) is 4.98 Å². The molecule has 3 aromatic carbocycles. The number of aromatic nitrogens is 1. The van der Waals surface area contributed by atoms with Gasteiger partial charge in [0.2, 0.25) is 11.8 Å². The molecule has 0 atom stereocenters. The summed E-state index contributed by atoms with van der Waals surface area (Å²) in [4.78, 5) is 16.9. The van der Waals surface area contributed by atoms with Crippen LogP contribution in [0.1, 0.15) is 5.56 Å². The monoisotopic (exact) mass is 620 g/mol.